The molecule has 2 unspecified atom stereocenters. The van der Waals surface area contributed by atoms with Gasteiger partial charge in [-0.05, 0) is 13.8 Å². The molecule has 0 radical (unpaired) electrons. The van der Waals surface area contributed by atoms with Gasteiger partial charge in [0.05, 0.1) is 18.6 Å². The van der Waals surface area contributed by atoms with Crippen molar-refractivity contribution in [2.24, 2.45) is 5.92 Å². The van der Waals surface area contributed by atoms with Crippen molar-refractivity contribution in [1.29, 1.82) is 0 Å². The summed E-state index contributed by atoms with van der Waals surface area (Å²) in [6.07, 6.45) is -0.380. The zero-order chi connectivity index (χ0) is 10.3. The van der Waals surface area contributed by atoms with E-state index < -0.39 is 0 Å². The third-order valence-electron chi connectivity index (χ3n) is 1.58. The second-order valence-corrected chi connectivity index (χ2v) is 3.16. The minimum absolute atomic E-state index is 0.154. The van der Waals surface area contributed by atoms with Gasteiger partial charge in [-0.25, -0.2) is 0 Å². The number of hydrogen-bond acceptors (Lipinski definition) is 4. The summed E-state index contributed by atoms with van der Waals surface area (Å²) in [5.74, 6) is -0.348. The molecule has 4 heteroatoms. The van der Waals surface area contributed by atoms with E-state index in [0.717, 1.165) is 0 Å². The van der Waals surface area contributed by atoms with Crippen LogP contribution in [-0.4, -0.2) is 36.9 Å². The minimum atomic E-state index is -0.380. The second kappa shape index (κ2) is 6.86. The lowest BCUT2D eigenvalue weighted by Crippen LogP contribution is -2.32. The Hall–Kier alpha value is -0.610. The molecule has 13 heavy (non-hydrogen) atoms. The Kier molecular flexibility index (Phi) is 6.54. The van der Waals surface area contributed by atoms with Crippen LogP contribution in [0.1, 0.15) is 20.8 Å². The van der Waals surface area contributed by atoms with Crippen LogP contribution in [-0.2, 0) is 9.53 Å². The van der Waals surface area contributed by atoms with Gasteiger partial charge in [-0.2, -0.15) is 0 Å². The maximum Gasteiger partial charge on any atom is 0.309 e. The summed E-state index contributed by atoms with van der Waals surface area (Å²) in [5, 5.41) is 11.9. The lowest BCUT2D eigenvalue weighted by atomic mass is 10.2. The highest BCUT2D eigenvalue weighted by Gasteiger charge is 2.12. The standard InChI is InChI=1S/C9H19NO3/c1-4-13-9(12)7(2)5-10-6-8(3)11/h7-8,10-11H,4-6H2,1-3H3. The molecule has 0 amide bonds. The highest BCUT2D eigenvalue weighted by Crippen LogP contribution is 1.96. The molecule has 78 valence electrons. The molecule has 2 atom stereocenters. The van der Waals surface area contributed by atoms with Gasteiger partial charge < -0.3 is 15.2 Å². The van der Waals surface area contributed by atoms with Gasteiger partial charge in [-0.3, -0.25) is 4.79 Å². The molecule has 0 aromatic carbocycles. The molecule has 0 aliphatic rings. The molecule has 2 N–H and O–H groups in total. The Bertz CT molecular complexity index is 148. The molecular formula is C9H19NO3. The summed E-state index contributed by atoms with van der Waals surface area (Å²) in [6, 6.07) is 0. The molecule has 0 saturated carbocycles. The molecule has 0 spiro atoms. The maximum atomic E-state index is 11.1. The van der Waals surface area contributed by atoms with Crippen LogP contribution in [0, 0.1) is 5.92 Å². The normalized spacial score (nSPS) is 15.1. The van der Waals surface area contributed by atoms with Crippen LogP contribution in [0.25, 0.3) is 0 Å². The average Bonchev–Trinajstić information content (AvgIpc) is 2.04. The molecule has 0 aromatic heterocycles. The van der Waals surface area contributed by atoms with Crippen LogP contribution in [0.2, 0.25) is 0 Å². The first-order valence-corrected chi connectivity index (χ1v) is 4.63. The number of nitrogens with one attached hydrogen (secondary N) is 1. The van der Waals surface area contributed by atoms with Gasteiger partial charge in [-0.15, -0.1) is 0 Å². The molecule has 0 bridgehead atoms. The van der Waals surface area contributed by atoms with Crippen LogP contribution in [0.4, 0.5) is 0 Å². The Morgan fingerprint density at radius 3 is 2.54 bits per heavy atom. The number of aliphatic hydroxyl groups excluding tert-OH is 1. The Morgan fingerprint density at radius 2 is 2.08 bits per heavy atom. The second-order valence-electron chi connectivity index (χ2n) is 3.16. The van der Waals surface area contributed by atoms with Crippen LogP contribution >= 0.6 is 0 Å². The van der Waals surface area contributed by atoms with E-state index in [2.05, 4.69) is 5.32 Å². The Morgan fingerprint density at radius 1 is 1.46 bits per heavy atom. The summed E-state index contributed by atoms with van der Waals surface area (Å²) in [5.41, 5.74) is 0. The first-order valence-electron chi connectivity index (χ1n) is 4.63. The van der Waals surface area contributed by atoms with Crippen molar-refractivity contribution in [3.8, 4) is 0 Å². The zero-order valence-electron chi connectivity index (χ0n) is 8.54. The molecule has 0 aliphatic heterocycles. The highest BCUT2D eigenvalue weighted by atomic mass is 16.5. The summed E-state index contributed by atoms with van der Waals surface area (Å²) in [4.78, 5) is 11.1. The molecule has 0 fully saturated rings. The molecule has 4 nitrogen and oxygen atoms in total. The molecule has 0 saturated heterocycles. The molecule has 0 aromatic rings. The third-order valence-corrected chi connectivity index (χ3v) is 1.58. The number of rotatable bonds is 6. The molecule has 0 aliphatic carbocycles. The predicted octanol–water partition coefficient (Wildman–Crippen LogP) is 0.156. The van der Waals surface area contributed by atoms with Crippen molar-refractivity contribution in [3.63, 3.8) is 0 Å². The highest BCUT2D eigenvalue weighted by molar-refractivity contribution is 5.72. The topological polar surface area (TPSA) is 58.6 Å². The van der Waals surface area contributed by atoms with E-state index in [4.69, 9.17) is 9.84 Å². The van der Waals surface area contributed by atoms with Crippen molar-refractivity contribution >= 4 is 5.97 Å². The van der Waals surface area contributed by atoms with Crippen molar-refractivity contribution < 1.29 is 14.6 Å². The van der Waals surface area contributed by atoms with E-state index in [-0.39, 0.29) is 18.0 Å². The fourth-order valence-electron chi connectivity index (χ4n) is 0.877. The number of hydrogen-bond donors (Lipinski definition) is 2. The number of carbonyl (C=O) groups is 1. The van der Waals surface area contributed by atoms with E-state index >= 15 is 0 Å². The number of carbonyl (C=O) groups excluding carboxylic acids is 1. The molecule has 0 heterocycles. The van der Waals surface area contributed by atoms with Gasteiger partial charge in [0.25, 0.3) is 0 Å². The van der Waals surface area contributed by atoms with Crippen LogP contribution in [0.15, 0.2) is 0 Å². The zero-order valence-corrected chi connectivity index (χ0v) is 8.54. The van der Waals surface area contributed by atoms with Gasteiger partial charge in [0.15, 0.2) is 0 Å². The number of esters is 1. The predicted molar refractivity (Wildman–Crippen MR) is 50.3 cm³/mol. The van der Waals surface area contributed by atoms with Crippen molar-refractivity contribution in [2.75, 3.05) is 19.7 Å². The van der Waals surface area contributed by atoms with Gasteiger partial charge in [-0.1, -0.05) is 6.92 Å². The van der Waals surface area contributed by atoms with Crippen LogP contribution in [0.3, 0.4) is 0 Å². The van der Waals surface area contributed by atoms with E-state index in [1.807, 2.05) is 0 Å². The average molecular weight is 189 g/mol. The molecular weight excluding hydrogens is 170 g/mol. The van der Waals surface area contributed by atoms with E-state index in [1.165, 1.54) is 0 Å². The first kappa shape index (κ1) is 12.4. The van der Waals surface area contributed by atoms with Gasteiger partial charge >= 0.3 is 5.97 Å². The minimum Gasteiger partial charge on any atom is -0.466 e. The first-order chi connectivity index (χ1) is 6.07. The fourth-order valence-corrected chi connectivity index (χ4v) is 0.877. The summed E-state index contributed by atoms with van der Waals surface area (Å²) < 4.78 is 4.82. The van der Waals surface area contributed by atoms with E-state index in [0.29, 0.717) is 19.7 Å². The lowest BCUT2D eigenvalue weighted by molar-refractivity contribution is -0.147. The Labute approximate surface area is 79.3 Å². The Balaban J connectivity index is 3.49. The summed E-state index contributed by atoms with van der Waals surface area (Å²) >= 11 is 0. The largest absolute Gasteiger partial charge is 0.466 e. The fraction of sp³-hybridized carbons (Fsp3) is 0.889. The summed E-state index contributed by atoms with van der Waals surface area (Å²) in [6.45, 7) is 6.75. The van der Waals surface area contributed by atoms with Gasteiger partial charge in [0.1, 0.15) is 0 Å². The number of aliphatic hydroxyl groups is 1. The lowest BCUT2D eigenvalue weighted by Gasteiger charge is -2.12. The van der Waals surface area contributed by atoms with Crippen molar-refractivity contribution in [1.82, 2.24) is 5.32 Å². The maximum absolute atomic E-state index is 11.1. The van der Waals surface area contributed by atoms with Gasteiger partial charge in [0, 0.05) is 13.1 Å². The SMILES string of the molecule is CCOC(=O)C(C)CNCC(C)O. The van der Waals surface area contributed by atoms with Crippen molar-refractivity contribution in [3.05, 3.63) is 0 Å². The van der Waals surface area contributed by atoms with E-state index in [9.17, 15) is 4.79 Å². The van der Waals surface area contributed by atoms with E-state index in [1.54, 1.807) is 20.8 Å². The summed E-state index contributed by atoms with van der Waals surface area (Å²) in [7, 11) is 0. The van der Waals surface area contributed by atoms with Crippen LogP contribution in [0.5, 0.6) is 0 Å². The quantitative estimate of drug-likeness (QED) is 0.584. The van der Waals surface area contributed by atoms with Crippen LogP contribution < -0.4 is 5.32 Å². The van der Waals surface area contributed by atoms with Crippen molar-refractivity contribution in [2.45, 2.75) is 26.9 Å². The number of ether oxygens (including phenoxy) is 1. The smallest absolute Gasteiger partial charge is 0.309 e. The third kappa shape index (κ3) is 6.54. The monoisotopic (exact) mass is 189 g/mol. The molecule has 0 rings (SSSR count). The van der Waals surface area contributed by atoms with Gasteiger partial charge in [0.2, 0.25) is 0 Å².